The topological polar surface area (TPSA) is 81.9 Å². The molecule has 0 fully saturated rings. The van der Waals surface area contributed by atoms with Crippen LogP contribution in [0.3, 0.4) is 0 Å². The number of amides is 1. The maximum Gasteiger partial charge on any atom is 0.245 e. The number of nitrogens with one attached hydrogen (secondary N) is 1. The van der Waals surface area contributed by atoms with Gasteiger partial charge in [-0.25, -0.2) is 4.68 Å². The Labute approximate surface area is 151 Å². The van der Waals surface area contributed by atoms with E-state index in [1.54, 1.807) is 17.7 Å². The molecule has 2 atom stereocenters. The molecule has 1 N–H and O–H groups in total. The first-order valence-electron chi connectivity index (χ1n) is 8.29. The summed E-state index contributed by atoms with van der Waals surface area (Å²) in [5.74, 6) is 1.17. The summed E-state index contributed by atoms with van der Waals surface area (Å²) >= 11 is 6.19. The lowest BCUT2D eigenvalue weighted by atomic mass is 9.95. The van der Waals surface area contributed by atoms with Crippen molar-refractivity contribution in [1.82, 2.24) is 25.5 Å². The van der Waals surface area contributed by atoms with Gasteiger partial charge in [-0.05, 0) is 23.4 Å². The summed E-state index contributed by atoms with van der Waals surface area (Å²) in [5.41, 5.74) is 0.642. The van der Waals surface area contributed by atoms with Crippen molar-refractivity contribution in [3.05, 3.63) is 34.6 Å². The van der Waals surface area contributed by atoms with Crippen molar-refractivity contribution in [1.29, 1.82) is 0 Å². The van der Waals surface area contributed by atoms with Crippen molar-refractivity contribution in [3.63, 3.8) is 0 Å². The number of hydrogen-bond donors (Lipinski definition) is 1. The molecule has 0 aliphatic carbocycles. The van der Waals surface area contributed by atoms with Crippen LogP contribution in [0, 0.1) is 0 Å². The zero-order valence-electron chi connectivity index (χ0n) is 14.8. The number of aromatic nitrogens is 4. The van der Waals surface area contributed by atoms with Crippen molar-refractivity contribution in [2.24, 2.45) is 0 Å². The normalized spacial score (nSPS) is 18.2. The zero-order valence-corrected chi connectivity index (χ0v) is 15.5. The van der Waals surface area contributed by atoms with E-state index in [2.05, 4.69) is 20.8 Å². The number of hydrogen-bond acceptors (Lipinski definition) is 5. The van der Waals surface area contributed by atoms with E-state index in [-0.39, 0.29) is 17.4 Å². The fourth-order valence-electron chi connectivity index (χ4n) is 2.89. The van der Waals surface area contributed by atoms with E-state index in [1.165, 1.54) is 0 Å². The summed E-state index contributed by atoms with van der Waals surface area (Å²) in [6.07, 6.45) is 0.688. The standard InChI is InChI=1S/C17H22ClN5O2/c1-10(23-16(17(2,3)4)20-21-22-23)15(24)19-13-8-9-25-14-11(13)6-5-7-12(14)18/h5-7,10,13H,8-9H2,1-4H3,(H,19,24). The number of carbonyl (C=O) groups is 1. The molecule has 1 aromatic carbocycles. The highest BCUT2D eigenvalue weighted by Crippen LogP contribution is 2.37. The highest BCUT2D eigenvalue weighted by Gasteiger charge is 2.30. The number of para-hydroxylation sites is 1. The van der Waals surface area contributed by atoms with Gasteiger partial charge in [-0.3, -0.25) is 4.79 Å². The molecule has 134 valence electrons. The molecule has 0 saturated carbocycles. The van der Waals surface area contributed by atoms with Crippen LogP contribution in [0.4, 0.5) is 0 Å². The first-order chi connectivity index (χ1) is 11.8. The van der Waals surface area contributed by atoms with Gasteiger partial charge in [0.25, 0.3) is 0 Å². The van der Waals surface area contributed by atoms with E-state index < -0.39 is 6.04 Å². The average molecular weight is 364 g/mol. The molecule has 2 heterocycles. The molecule has 0 radical (unpaired) electrons. The quantitative estimate of drug-likeness (QED) is 0.906. The Morgan fingerprint density at radius 1 is 1.44 bits per heavy atom. The largest absolute Gasteiger partial charge is 0.492 e. The monoisotopic (exact) mass is 363 g/mol. The Hall–Kier alpha value is -2.15. The number of ether oxygens (including phenoxy) is 1. The van der Waals surface area contributed by atoms with E-state index in [0.717, 1.165) is 5.56 Å². The number of carbonyl (C=O) groups excluding carboxylic acids is 1. The summed E-state index contributed by atoms with van der Waals surface area (Å²) in [5, 5.41) is 15.4. The molecule has 0 spiro atoms. The number of benzene rings is 1. The maximum atomic E-state index is 12.8. The fraction of sp³-hybridized carbons (Fsp3) is 0.529. The zero-order chi connectivity index (χ0) is 18.2. The Balaban J connectivity index is 1.80. The first-order valence-corrected chi connectivity index (χ1v) is 8.66. The Morgan fingerprint density at radius 2 is 2.20 bits per heavy atom. The van der Waals surface area contributed by atoms with Crippen LogP contribution in [0.2, 0.25) is 5.02 Å². The van der Waals surface area contributed by atoms with Gasteiger partial charge in [0.15, 0.2) is 5.82 Å². The SMILES string of the molecule is CC(C(=O)NC1CCOc2c(Cl)cccc21)n1nnnc1C(C)(C)C. The van der Waals surface area contributed by atoms with Crippen molar-refractivity contribution < 1.29 is 9.53 Å². The highest BCUT2D eigenvalue weighted by molar-refractivity contribution is 6.32. The van der Waals surface area contributed by atoms with Crippen molar-refractivity contribution in [2.75, 3.05) is 6.61 Å². The van der Waals surface area contributed by atoms with E-state index in [1.807, 2.05) is 32.9 Å². The number of tetrazole rings is 1. The molecule has 1 aliphatic rings. The Morgan fingerprint density at radius 3 is 2.92 bits per heavy atom. The van der Waals surface area contributed by atoms with Crippen molar-refractivity contribution in [2.45, 2.75) is 51.6 Å². The van der Waals surface area contributed by atoms with Gasteiger partial charge in [0.05, 0.1) is 17.7 Å². The number of nitrogens with zero attached hydrogens (tertiary/aromatic N) is 4. The predicted octanol–water partition coefficient (Wildman–Crippen LogP) is 2.83. The summed E-state index contributed by atoms with van der Waals surface area (Å²) in [6, 6.07) is 4.90. The second-order valence-corrected chi connectivity index (χ2v) is 7.64. The summed E-state index contributed by atoms with van der Waals surface area (Å²) < 4.78 is 7.22. The lowest BCUT2D eigenvalue weighted by molar-refractivity contribution is -0.125. The number of fused-ring (bicyclic) bond motifs is 1. The minimum atomic E-state index is -0.519. The van der Waals surface area contributed by atoms with E-state index in [0.29, 0.717) is 29.6 Å². The Kier molecular flexibility index (Phi) is 4.69. The predicted molar refractivity (Wildman–Crippen MR) is 93.7 cm³/mol. The van der Waals surface area contributed by atoms with Gasteiger partial charge < -0.3 is 10.1 Å². The van der Waals surface area contributed by atoms with E-state index in [4.69, 9.17) is 16.3 Å². The van der Waals surface area contributed by atoms with Gasteiger partial charge in [0.1, 0.15) is 11.8 Å². The lowest BCUT2D eigenvalue weighted by Crippen LogP contribution is -2.38. The van der Waals surface area contributed by atoms with Crippen LogP contribution in [0.15, 0.2) is 18.2 Å². The molecule has 8 heteroatoms. The third kappa shape index (κ3) is 3.46. The molecule has 0 saturated heterocycles. The van der Waals surface area contributed by atoms with Crippen molar-refractivity contribution in [3.8, 4) is 5.75 Å². The third-order valence-electron chi connectivity index (χ3n) is 4.25. The molecular weight excluding hydrogens is 342 g/mol. The van der Waals surface area contributed by atoms with Crippen LogP contribution < -0.4 is 10.1 Å². The van der Waals surface area contributed by atoms with Crippen molar-refractivity contribution >= 4 is 17.5 Å². The van der Waals surface area contributed by atoms with E-state index >= 15 is 0 Å². The summed E-state index contributed by atoms with van der Waals surface area (Å²) in [7, 11) is 0. The van der Waals surface area contributed by atoms with Gasteiger partial charge in [-0.15, -0.1) is 5.10 Å². The van der Waals surface area contributed by atoms with Crippen LogP contribution in [0.25, 0.3) is 0 Å². The highest BCUT2D eigenvalue weighted by atomic mass is 35.5. The van der Waals surface area contributed by atoms with Gasteiger partial charge in [0, 0.05) is 17.4 Å². The Bertz CT molecular complexity index is 784. The molecule has 2 unspecified atom stereocenters. The van der Waals surface area contributed by atoms with Gasteiger partial charge in [-0.1, -0.05) is 44.5 Å². The minimum Gasteiger partial charge on any atom is -0.492 e. The van der Waals surface area contributed by atoms with Gasteiger partial charge in [0.2, 0.25) is 5.91 Å². The average Bonchev–Trinajstić information content (AvgIpc) is 3.05. The molecule has 0 bridgehead atoms. The molecule has 1 aromatic heterocycles. The third-order valence-corrected chi connectivity index (χ3v) is 4.55. The fourth-order valence-corrected chi connectivity index (χ4v) is 3.12. The molecule has 25 heavy (non-hydrogen) atoms. The van der Waals surface area contributed by atoms with Crippen LogP contribution >= 0.6 is 11.6 Å². The second-order valence-electron chi connectivity index (χ2n) is 7.23. The summed E-state index contributed by atoms with van der Waals surface area (Å²) in [4.78, 5) is 12.8. The molecule has 3 rings (SSSR count). The number of halogens is 1. The maximum absolute atomic E-state index is 12.8. The molecule has 1 amide bonds. The number of rotatable bonds is 3. The van der Waals surface area contributed by atoms with Gasteiger partial charge in [-0.2, -0.15) is 0 Å². The molecule has 7 nitrogen and oxygen atoms in total. The second kappa shape index (κ2) is 6.63. The van der Waals surface area contributed by atoms with Gasteiger partial charge >= 0.3 is 0 Å². The van der Waals surface area contributed by atoms with Crippen LogP contribution in [-0.2, 0) is 10.2 Å². The summed E-state index contributed by atoms with van der Waals surface area (Å²) in [6.45, 7) is 8.33. The molecular formula is C17H22ClN5O2. The molecule has 1 aliphatic heterocycles. The van der Waals surface area contributed by atoms with Crippen LogP contribution in [0.5, 0.6) is 5.75 Å². The van der Waals surface area contributed by atoms with Crippen LogP contribution in [-0.4, -0.2) is 32.7 Å². The molecule has 2 aromatic rings. The van der Waals surface area contributed by atoms with Crippen LogP contribution in [0.1, 0.15) is 57.6 Å². The first kappa shape index (κ1) is 17.7. The lowest BCUT2D eigenvalue weighted by Gasteiger charge is -2.28. The minimum absolute atomic E-state index is 0.143. The smallest absolute Gasteiger partial charge is 0.245 e. The van der Waals surface area contributed by atoms with E-state index in [9.17, 15) is 4.79 Å².